The lowest BCUT2D eigenvalue weighted by Crippen LogP contribution is -2.16. The largest absolute Gasteiger partial charge is 0.308 e. The number of nitrogens with zero attached hydrogens (tertiary/aromatic N) is 2. The van der Waals surface area contributed by atoms with Crippen LogP contribution in [0.3, 0.4) is 0 Å². The van der Waals surface area contributed by atoms with Crippen LogP contribution in [0, 0.1) is 5.92 Å². The van der Waals surface area contributed by atoms with E-state index in [0.717, 1.165) is 25.0 Å². The molecule has 0 aliphatic heterocycles. The maximum atomic E-state index is 4.59. The van der Waals surface area contributed by atoms with Crippen LogP contribution in [0.4, 0.5) is 0 Å². The molecule has 3 nitrogen and oxygen atoms in total. The van der Waals surface area contributed by atoms with Gasteiger partial charge in [0.15, 0.2) is 0 Å². The van der Waals surface area contributed by atoms with Gasteiger partial charge in [0.2, 0.25) is 0 Å². The molecule has 1 aromatic rings. The van der Waals surface area contributed by atoms with Gasteiger partial charge in [0.05, 0.1) is 5.69 Å². The van der Waals surface area contributed by atoms with E-state index in [0.29, 0.717) is 0 Å². The van der Waals surface area contributed by atoms with Crippen LogP contribution in [-0.4, -0.2) is 15.8 Å². The molecule has 1 unspecified atom stereocenters. The molecule has 1 heterocycles. The molecule has 90 valence electrons. The first kappa shape index (κ1) is 11.6. The van der Waals surface area contributed by atoms with Crippen molar-refractivity contribution in [1.82, 2.24) is 15.1 Å². The van der Waals surface area contributed by atoms with Crippen molar-refractivity contribution in [1.29, 1.82) is 0 Å². The molecule has 16 heavy (non-hydrogen) atoms. The molecule has 1 atom stereocenters. The number of nitrogens with one attached hydrogen (secondary N) is 1. The molecular weight excluding hydrogens is 198 g/mol. The smallest absolute Gasteiger partial charge is 0.0762 e. The Hall–Kier alpha value is -0.830. The number of hydrogen-bond donors (Lipinski definition) is 1. The summed E-state index contributed by atoms with van der Waals surface area (Å²) in [7, 11) is 0. The topological polar surface area (TPSA) is 29.9 Å². The minimum Gasteiger partial charge on any atom is -0.308 e. The molecule has 0 radical (unpaired) electrons. The van der Waals surface area contributed by atoms with E-state index in [9.17, 15) is 0 Å². The minimum atomic E-state index is 0.731. The molecule has 1 N–H and O–H groups in total. The molecule has 2 rings (SSSR count). The second kappa shape index (κ2) is 5.48. The average molecular weight is 221 g/mol. The summed E-state index contributed by atoms with van der Waals surface area (Å²) in [4.78, 5) is 0. The number of aromatic nitrogens is 2. The average Bonchev–Trinajstić information content (AvgIpc) is 2.98. The van der Waals surface area contributed by atoms with Gasteiger partial charge in [0, 0.05) is 25.3 Å². The first-order valence-electron chi connectivity index (χ1n) is 6.53. The standard InChI is InChI=1S/C13H23N3/c1-3-4-11(2)10-16-8-7-13(15-16)9-14-12-5-6-12/h7-8,11-12,14H,3-6,9-10H2,1-2H3. The van der Waals surface area contributed by atoms with Crippen molar-refractivity contribution in [2.24, 2.45) is 5.92 Å². The highest BCUT2D eigenvalue weighted by molar-refractivity contribution is 4.99. The molecule has 0 amide bonds. The Morgan fingerprint density at radius 1 is 1.56 bits per heavy atom. The molecule has 1 aliphatic carbocycles. The van der Waals surface area contributed by atoms with Crippen molar-refractivity contribution < 1.29 is 0 Å². The lowest BCUT2D eigenvalue weighted by Gasteiger charge is -2.09. The molecular formula is C13H23N3. The molecule has 1 saturated carbocycles. The van der Waals surface area contributed by atoms with Gasteiger partial charge in [-0.05, 0) is 31.2 Å². The predicted molar refractivity (Wildman–Crippen MR) is 66.2 cm³/mol. The van der Waals surface area contributed by atoms with E-state index in [1.54, 1.807) is 0 Å². The Balaban J connectivity index is 1.76. The van der Waals surface area contributed by atoms with Gasteiger partial charge in [-0.2, -0.15) is 5.10 Å². The monoisotopic (exact) mass is 221 g/mol. The van der Waals surface area contributed by atoms with Crippen molar-refractivity contribution in [3.63, 3.8) is 0 Å². The van der Waals surface area contributed by atoms with Crippen molar-refractivity contribution in [3.8, 4) is 0 Å². The van der Waals surface area contributed by atoms with Crippen LogP contribution in [0.5, 0.6) is 0 Å². The Kier molecular flexibility index (Phi) is 3.99. The summed E-state index contributed by atoms with van der Waals surface area (Å²) in [5, 5.41) is 8.08. The summed E-state index contributed by atoms with van der Waals surface area (Å²) in [5.41, 5.74) is 1.18. The second-order valence-corrected chi connectivity index (χ2v) is 5.08. The van der Waals surface area contributed by atoms with Crippen LogP contribution in [0.25, 0.3) is 0 Å². The lowest BCUT2D eigenvalue weighted by atomic mass is 10.1. The third-order valence-corrected chi connectivity index (χ3v) is 3.13. The van der Waals surface area contributed by atoms with Crippen molar-refractivity contribution >= 4 is 0 Å². The zero-order chi connectivity index (χ0) is 11.4. The Morgan fingerprint density at radius 2 is 2.38 bits per heavy atom. The lowest BCUT2D eigenvalue weighted by molar-refractivity contribution is 0.418. The van der Waals surface area contributed by atoms with Crippen molar-refractivity contribution in [3.05, 3.63) is 18.0 Å². The Labute approximate surface area is 98.2 Å². The maximum Gasteiger partial charge on any atom is 0.0762 e. The first-order valence-corrected chi connectivity index (χ1v) is 6.53. The number of rotatable bonds is 7. The van der Waals surface area contributed by atoms with E-state index >= 15 is 0 Å². The van der Waals surface area contributed by atoms with E-state index in [2.05, 4.69) is 41.2 Å². The molecule has 0 saturated heterocycles. The van der Waals surface area contributed by atoms with E-state index in [-0.39, 0.29) is 0 Å². The van der Waals surface area contributed by atoms with E-state index < -0.39 is 0 Å². The Bertz CT molecular complexity index is 315. The molecule has 1 aliphatic rings. The molecule has 0 spiro atoms. The second-order valence-electron chi connectivity index (χ2n) is 5.08. The van der Waals surface area contributed by atoms with E-state index in [4.69, 9.17) is 0 Å². The fourth-order valence-corrected chi connectivity index (χ4v) is 2.04. The highest BCUT2D eigenvalue weighted by atomic mass is 15.3. The summed E-state index contributed by atoms with van der Waals surface area (Å²) < 4.78 is 2.09. The third-order valence-electron chi connectivity index (χ3n) is 3.13. The third kappa shape index (κ3) is 3.63. The highest BCUT2D eigenvalue weighted by Gasteiger charge is 2.20. The van der Waals surface area contributed by atoms with Crippen molar-refractivity contribution in [2.45, 2.75) is 58.7 Å². The first-order chi connectivity index (χ1) is 7.78. The fraction of sp³-hybridized carbons (Fsp3) is 0.769. The van der Waals surface area contributed by atoms with Gasteiger partial charge >= 0.3 is 0 Å². The van der Waals surface area contributed by atoms with Gasteiger partial charge in [0.1, 0.15) is 0 Å². The molecule has 1 fully saturated rings. The zero-order valence-corrected chi connectivity index (χ0v) is 10.4. The van der Waals surface area contributed by atoms with E-state index in [1.807, 2.05) is 0 Å². The van der Waals surface area contributed by atoms with Gasteiger partial charge in [0.25, 0.3) is 0 Å². The quantitative estimate of drug-likeness (QED) is 0.767. The van der Waals surface area contributed by atoms with Crippen LogP contribution in [0.2, 0.25) is 0 Å². The minimum absolute atomic E-state index is 0.731. The molecule has 3 heteroatoms. The SMILES string of the molecule is CCCC(C)Cn1ccc(CNC2CC2)n1. The maximum absolute atomic E-state index is 4.59. The van der Waals surface area contributed by atoms with Gasteiger partial charge in [-0.25, -0.2) is 0 Å². The zero-order valence-electron chi connectivity index (χ0n) is 10.4. The van der Waals surface area contributed by atoms with E-state index in [1.165, 1.54) is 31.4 Å². The van der Waals surface area contributed by atoms with Crippen LogP contribution in [-0.2, 0) is 13.1 Å². The van der Waals surface area contributed by atoms with Crippen LogP contribution < -0.4 is 5.32 Å². The summed E-state index contributed by atoms with van der Waals surface area (Å²) in [6.45, 7) is 6.52. The Morgan fingerprint density at radius 3 is 3.06 bits per heavy atom. The normalized spacial score (nSPS) is 17.6. The summed E-state index contributed by atoms with van der Waals surface area (Å²) >= 11 is 0. The molecule has 0 aromatic carbocycles. The van der Waals surface area contributed by atoms with Crippen molar-refractivity contribution in [2.75, 3.05) is 0 Å². The fourth-order valence-electron chi connectivity index (χ4n) is 2.04. The summed E-state index contributed by atoms with van der Waals surface area (Å²) in [6, 6.07) is 2.90. The van der Waals surface area contributed by atoms with Crippen LogP contribution in [0.1, 0.15) is 45.2 Å². The molecule has 1 aromatic heterocycles. The summed E-state index contributed by atoms with van der Waals surface area (Å²) in [5.74, 6) is 0.731. The van der Waals surface area contributed by atoms with Gasteiger partial charge in [-0.15, -0.1) is 0 Å². The molecule has 0 bridgehead atoms. The van der Waals surface area contributed by atoms with Gasteiger partial charge in [-0.1, -0.05) is 20.3 Å². The predicted octanol–water partition coefficient (Wildman–Crippen LogP) is 2.57. The highest BCUT2D eigenvalue weighted by Crippen LogP contribution is 2.19. The van der Waals surface area contributed by atoms with Crippen LogP contribution >= 0.6 is 0 Å². The van der Waals surface area contributed by atoms with Crippen LogP contribution in [0.15, 0.2) is 12.3 Å². The number of hydrogen-bond acceptors (Lipinski definition) is 2. The summed E-state index contributed by atoms with van der Waals surface area (Å²) in [6.07, 6.45) is 7.34. The van der Waals surface area contributed by atoms with Gasteiger partial charge < -0.3 is 5.32 Å². The van der Waals surface area contributed by atoms with Gasteiger partial charge in [-0.3, -0.25) is 4.68 Å².